The Labute approximate surface area is 528 Å². The number of rotatable bonds is 58. The van der Waals surface area contributed by atoms with Crippen LogP contribution in [0, 0.1) is 0 Å². The van der Waals surface area contributed by atoms with E-state index in [1.54, 1.807) is 0 Å². The summed E-state index contributed by atoms with van der Waals surface area (Å²) in [7, 11) is 0. The topological polar surface area (TPSA) is 175 Å². The maximum atomic E-state index is 13.2. The smallest absolute Gasteiger partial charge is 0.335 e. The number of unbranched alkanes of at least 4 members (excludes halogenated alkanes) is 24. The van der Waals surface area contributed by atoms with Gasteiger partial charge in [0.2, 0.25) is 0 Å². The van der Waals surface area contributed by atoms with Gasteiger partial charge in [0, 0.05) is 19.3 Å². The fourth-order valence-electron chi connectivity index (χ4n) is 9.73. The first-order valence-corrected chi connectivity index (χ1v) is 34.5. The lowest BCUT2D eigenvalue weighted by molar-refractivity contribution is -0.301. The predicted molar refractivity (Wildman–Crippen MR) is 358 cm³/mol. The van der Waals surface area contributed by atoms with Crippen LogP contribution in [0.4, 0.5) is 0 Å². The van der Waals surface area contributed by atoms with Crippen LogP contribution in [0.1, 0.15) is 278 Å². The molecule has 6 unspecified atom stereocenters. The summed E-state index contributed by atoms with van der Waals surface area (Å²) >= 11 is 0. The summed E-state index contributed by atoms with van der Waals surface area (Å²) in [6.07, 6.45) is 72.8. The molecule has 1 aliphatic heterocycles. The van der Waals surface area contributed by atoms with Crippen LogP contribution in [0.15, 0.2) is 122 Å². The van der Waals surface area contributed by atoms with Crippen molar-refractivity contribution < 1.29 is 58.2 Å². The third-order valence-corrected chi connectivity index (χ3v) is 15.0. The lowest BCUT2D eigenvalue weighted by Gasteiger charge is -2.40. The van der Waals surface area contributed by atoms with E-state index in [9.17, 15) is 34.5 Å². The normalized spacial score (nSPS) is 18.1. The average molecular weight is 1220 g/mol. The van der Waals surface area contributed by atoms with E-state index >= 15 is 0 Å². The van der Waals surface area contributed by atoms with Crippen LogP contribution in [-0.4, -0.2) is 89.2 Å². The number of allylic oxidation sites excluding steroid dienone is 20. The van der Waals surface area contributed by atoms with Gasteiger partial charge in [0.05, 0.1) is 6.61 Å². The number of aliphatic hydroxyl groups is 2. The molecule has 0 amide bonds. The Morgan fingerprint density at radius 3 is 1.11 bits per heavy atom. The molecule has 0 bridgehead atoms. The molecular weight excluding hydrogens is 1090 g/mol. The summed E-state index contributed by atoms with van der Waals surface area (Å²) in [6, 6.07) is 0. The molecule has 0 aromatic carbocycles. The monoisotopic (exact) mass is 1210 g/mol. The molecular formula is C75H122O12. The number of ether oxygens (including phenoxy) is 5. The lowest BCUT2D eigenvalue weighted by Crippen LogP contribution is -2.61. The summed E-state index contributed by atoms with van der Waals surface area (Å²) in [6.45, 7) is 5.82. The van der Waals surface area contributed by atoms with Crippen molar-refractivity contribution >= 4 is 23.9 Å². The van der Waals surface area contributed by atoms with Gasteiger partial charge in [0.15, 0.2) is 24.6 Å². The summed E-state index contributed by atoms with van der Waals surface area (Å²) < 4.78 is 28.6. The van der Waals surface area contributed by atoms with Crippen LogP contribution >= 0.6 is 0 Å². The van der Waals surface area contributed by atoms with Crippen molar-refractivity contribution in [1.29, 1.82) is 0 Å². The van der Waals surface area contributed by atoms with Crippen molar-refractivity contribution in [2.75, 3.05) is 13.2 Å². The molecule has 0 saturated carbocycles. The van der Waals surface area contributed by atoms with E-state index in [4.69, 9.17) is 23.7 Å². The minimum absolute atomic E-state index is 0.0365. The second kappa shape index (κ2) is 61.4. The van der Waals surface area contributed by atoms with Crippen LogP contribution in [0.25, 0.3) is 0 Å². The minimum atomic E-state index is -1.92. The zero-order chi connectivity index (χ0) is 63.1. The molecule has 1 rings (SSSR count). The van der Waals surface area contributed by atoms with Gasteiger partial charge in [-0.3, -0.25) is 14.4 Å². The highest BCUT2D eigenvalue weighted by molar-refractivity contribution is 5.74. The number of hydrogen-bond donors (Lipinski definition) is 3. The van der Waals surface area contributed by atoms with Crippen molar-refractivity contribution in [3.05, 3.63) is 122 Å². The molecule has 6 atom stereocenters. The molecule has 1 heterocycles. The van der Waals surface area contributed by atoms with Gasteiger partial charge in [-0.15, -0.1) is 0 Å². The summed E-state index contributed by atoms with van der Waals surface area (Å²) in [5.74, 6) is -3.19. The number of aliphatic carboxylic acids is 1. The van der Waals surface area contributed by atoms with Crippen molar-refractivity contribution in [3.8, 4) is 0 Å². The fraction of sp³-hybridized carbons (Fsp3) is 0.680. The Hall–Kier alpha value is -4.88. The number of carbonyl (C=O) groups is 4. The van der Waals surface area contributed by atoms with Crippen molar-refractivity contribution in [1.82, 2.24) is 0 Å². The maximum Gasteiger partial charge on any atom is 0.335 e. The summed E-state index contributed by atoms with van der Waals surface area (Å²) in [5.41, 5.74) is 0. The number of aliphatic hydroxyl groups excluding tert-OH is 2. The molecule has 0 aromatic rings. The van der Waals surface area contributed by atoms with Gasteiger partial charge in [0.1, 0.15) is 18.8 Å². The van der Waals surface area contributed by atoms with Gasteiger partial charge in [-0.25, -0.2) is 4.79 Å². The molecule has 0 aromatic heterocycles. The van der Waals surface area contributed by atoms with E-state index in [1.807, 2.05) is 0 Å². The number of carboxylic acid groups (broad SMARTS) is 1. The van der Waals surface area contributed by atoms with Crippen LogP contribution < -0.4 is 0 Å². The van der Waals surface area contributed by atoms with Gasteiger partial charge in [-0.1, -0.05) is 245 Å². The first-order chi connectivity index (χ1) is 42.6. The molecule has 0 spiro atoms. The highest BCUT2D eigenvalue weighted by Gasteiger charge is 2.50. The molecule has 0 aliphatic carbocycles. The molecule has 1 saturated heterocycles. The Morgan fingerprint density at radius 2 is 0.724 bits per heavy atom. The van der Waals surface area contributed by atoms with Crippen LogP contribution in [0.5, 0.6) is 0 Å². The van der Waals surface area contributed by atoms with E-state index in [0.29, 0.717) is 19.3 Å². The molecule has 3 N–H and O–H groups in total. The molecule has 1 fully saturated rings. The number of carbonyl (C=O) groups excluding carboxylic acids is 3. The van der Waals surface area contributed by atoms with Gasteiger partial charge < -0.3 is 39.0 Å². The zero-order valence-electron chi connectivity index (χ0n) is 54.7. The molecule has 494 valence electrons. The third kappa shape index (κ3) is 50.7. The largest absolute Gasteiger partial charge is 0.479 e. The van der Waals surface area contributed by atoms with E-state index in [1.165, 1.54) is 70.6 Å². The lowest BCUT2D eigenvalue weighted by atomic mass is 9.98. The number of hydrogen-bond acceptors (Lipinski definition) is 11. The van der Waals surface area contributed by atoms with E-state index < -0.39 is 67.3 Å². The zero-order valence-corrected chi connectivity index (χ0v) is 54.7. The second-order valence-corrected chi connectivity index (χ2v) is 23.1. The third-order valence-electron chi connectivity index (χ3n) is 15.0. The summed E-state index contributed by atoms with van der Waals surface area (Å²) in [4.78, 5) is 51.5. The minimum Gasteiger partial charge on any atom is -0.479 e. The van der Waals surface area contributed by atoms with E-state index in [2.05, 4.69) is 142 Å². The van der Waals surface area contributed by atoms with E-state index in [-0.39, 0.29) is 25.9 Å². The molecule has 87 heavy (non-hydrogen) atoms. The summed E-state index contributed by atoms with van der Waals surface area (Å²) in [5, 5.41) is 31.7. The van der Waals surface area contributed by atoms with Crippen LogP contribution in [-0.2, 0) is 42.9 Å². The quantitative estimate of drug-likeness (QED) is 0.0228. The van der Waals surface area contributed by atoms with Crippen LogP contribution in [0.3, 0.4) is 0 Å². The first kappa shape index (κ1) is 80.1. The average Bonchev–Trinajstić information content (AvgIpc) is 2.56. The molecule has 12 heteroatoms. The van der Waals surface area contributed by atoms with Crippen molar-refractivity contribution in [2.24, 2.45) is 0 Å². The Balaban J connectivity index is 2.69. The highest BCUT2D eigenvalue weighted by Crippen LogP contribution is 2.27. The Bertz CT molecular complexity index is 1970. The van der Waals surface area contributed by atoms with Crippen LogP contribution in [0.2, 0.25) is 0 Å². The standard InChI is InChI=1S/C75H122O12/c1-4-7-10-13-16-19-22-25-28-31-34-37-40-43-46-49-52-55-58-61-67(76)83-64-66(85-68(77)62-59-56-53-50-47-44-41-38-35-32-29-26-23-20-17-14-11-8-5-2)65-84-75-73(71(80)70(79)72(87-75)74(81)82)86-69(78)63-60-57-54-51-48-45-42-39-36-33-30-27-24-21-18-15-12-9-6-3/h7,10,16-21,25-30,34,36-37,39,43,46,66,70-73,75,79-80H,4-6,8-9,11-15,22-24,31-33,35,38,40-42,44-45,47-65H2,1-3H3,(H,81,82)/b10-7-,19-16-,20-17-,21-18-,28-25-,29-26-,30-27-,37-34-,39-36-,46-43-. The van der Waals surface area contributed by atoms with E-state index in [0.717, 1.165) is 148 Å². The van der Waals surface area contributed by atoms with Gasteiger partial charge in [-0.2, -0.15) is 0 Å². The Morgan fingerprint density at radius 1 is 0.391 bits per heavy atom. The molecule has 1 aliphatic rings. The molecule has 12 nitrogen and oxygen atoms in total. The number of carboxylic acids is 1. The van der Waals surface area contributed by atoms with Gasteiger partial charge in [-0.05, 0) is 135 Å². The van der Waals surface area contributed by atoms with Crippen molar-refractivity contribution in [3.63, 3.8) is 0 Å². The second-order valence-electron chi connectivity index (χ2n) is 23.1. The SMILES string of the molecule is CC/C=C\C/C=C\C/C=C\C/C=C\C/C=C\CCCCCC(=O)OCC(COC1OC(C(=O)O)C(O)C(O)C1OC(=O)CCCCCCCC/C=C\C/C=C\C/C=C\CCCCC)OC(=O)CCCCCCCCCCC/C=C\C/C=C\CCCCC. The van der Waals surface area contributed by atoms with Crippen molar-refractivity contribution in [2.45, 2.75) is 314 Å². The molecule has 0 radical (unpaired) electrons. The maximum absolute atomic E-state index is 13.2. The predicted octanol–water partition coefficient (Wildman–Crippen LogP) is 19.1. The number of esters is 3. The Kier molecular flexibility index (Phi) is 56.5. The first-order valence-electron chi connectivity index (χ1n) is 34.5. The van der Waals surface area contributed by atoms with Gasteiger partial charge >= 0.3 is 23.9 Å². The highest BCUT2D eigenvalue weighted by atomic mass is 16.7. The fourth-order valence-corrected chi connectivity index (χ4v) is 9.73. The van der Waals surface area contributed by atoms with Gasteiger partial charge in [0.25, 0.3) is 0 Å².